The number of carbonyl (C=O) groups excluding carboxylic acids is 1. The number of hydrogen-bond donors (Lipinski definition) is 4. The van der Waals surface area contributed by atoms with Crippen LogP contribution < -0.4 is 16.2 Å². The first-order valence-electron chi connectivity index (χ1n) is 8.94. The quantitative estimate of drug-likeness (QED) is 0.372. The van der Waals surface area contributed by atoms with Crippen LogP contribution >= 0.6 is 7.37 Å². The predicted molar refractivity (Wildman–Crippen MR) is 99.6 cm³/mol. The number of rotatable bonds is 9. The van der Waals surface area contributed by atoms with E-state index in [0.717, 1.165) is 18.4 Å². The van der Waals surface area contributed by atoms with Crippen molar-refractivity contribution in [1.29, 1.82) is 0 Å². The highest BCUT2D eigenvalue weighted by Crippen LogP contribution is 2.43. The zero-order chi connectivity index (χ0) is 19.0. The van der Waals surface area contributed by atoms with Gasteiger partial charge in [-0.25, -0.2) is 0 Å². The Balaban J connectivity index is 1.68. The summed E-state index contributed by atoms with van der Waals surface area (Å²) in [5.41, 5.74) is 0.684. The van der Waals surface area contributed by atoms with Gasteiger partial charge < -0.3 is 25.2 Å². The van der Waals surface area contributed by atoms with E-state index in [1.165, 1.54) is 13.0 Å². The number of hydrogen-bond acceptors (Lipinski definition) is 5. The zero-order valence-electron chi connectivity index (χ0n) is 15.1. The van der Waals surface area contributed by atoms with E-state index in [9.17, 15) is 19.0 Å². The topological polar surface area (TPSA) is 121 Å². The Morgan fingerprint density at radius 1 is 1.42 bits per heavy atom. The SMILES string of the molecule is CC(=O)NCCCCCP(=O)(O)C[C@H]1CN[C@H](c2cc[nH]c(=O)c2)CO1. The Morgan fingerprint density at radius 3 is 2.88 bits per heavy atom. The van der Waals surface area contributed by atoms with Crippen molar-refractivity contribution in [3.05, 3.63) is 34.2 Å². The van der Waals surface area contributed by atoms with Gasteiger partial charge in [0.1, 0.15) is 0 Å². The highest BCUT2D eigenvalue weighted by Gasteiger charge is 2.29. The first-order chi connectivity index (χ1) is 12.4. The van der Waals surface area contributed by atoms with Crippen molar-refractivity contribution in [1.82, 2.24) is 15.6 Å². The van der Waals surface area contributed by atoms with Gasteiger partial charge in [0, 0.05) is 38.4 Å². The molecule has 146 valence electrons. The normalized spacial score (nSPS) is 22.5. The van der Waals surface area contributed by atoms with Crippen LogP contribution in [0.1, 0.15) is 37.8 Å². The molecule has 4 N–H and O–H groups in total. The molecular formula is C17H28N3O5P. The van der Waals surface area contributed by atoms with Crippen molar-refractivity contribution in [2.45, 2.75) is 38.3 Å². The van der Waals surface area contributed by atoms with Gasteiger partial charge in [0.05, 0.1) is 24.9 Å². The third kappa shape index (κ3) is 7.41. The molecule has 2 rings (SSSR count). The molecule has 1 amide bonds. The van der Waals surface area contributed by atoms with E-state index in [4.69, 9.17) is 4.74 Å². The lowest BCUT2D eigenvalue weighted by molar-refractivity contribution is -0.118. The van der Waals surface area contributed by atoms with Gasteiger partial charge in [-0.15, -0.1) is 0 Å². The molecule has 9 heteroatoms. The van der Waals surface area contributed by atoms with Crippen LogP contribution in [0, 0.1) is 0 Å². The Hall–Kier alpha value is -1.47. The second-order valence-electron chi connectivity index (χ2n) is 6.70. The number of carbonyl (C=O) groups is 1. The summed E-state index contributed by atoms with van der Waals surface area (Å²) in [6.45, 7) is 2.92. The summed E-state index contributed by atoms with van der Waals surface area (Å²) < 4.78 is 18.1. The van der Waals surface area contributed by atoms with Crippen molar-refractivity contribution in [2.24, 2.45) is 0 Å². The lowest BCUT2D eigenvalue weighted by Crippen LogP contribution is -2.43. The fraction of sp³-hybridized carbons (Fsp3) is 0.647. The third-order valence-electron chi connectivity index (χ3n) is 4.34. The van der Waals surface area contributed by atoms with Crippen molar-refractivity contribution >= 4 is 13.3 Å². The fourth-order valence-corrected chi connectivity index (χ4v) is 4.74. The molecule has 0 spiro atoms. The van der Waals surface area contributed by atoms with Crippen LogP contribution in [-0.2, 0) is 14.1 Å². The maximum Gasteiger partial charge on any atom is 0.248 e. The van der Waals surface area contributed by atoms with Gasteiger partial charge in [-0.2, -0.15) is 0 Å². The van der Waals surface area contributed by atoms with E-state index < -0.39 is 7.37 Å². The zero-order valence-corrected chi connectivity index (χ0v) is 16.0. The van der Waals surface area contributed by atoms with Gasteiger partial charge in [-0.3, -0.25) is 14.2 Å². The molecule has 1 aromatic heterocycles. The predicted octanol–water partition coefficient (Wildman–Crippen LogP) is 0.981. The molecule has 0 radical (unpaired) electrons. The molecule has 0 saturated carbocycles. The van der Waals surface area contributed by atoms with Crippen LogP contribution in [0.15, 0.2) is 23.1 Å². The molecular weight excluding hydrogens is 357 g/mol. The largest absolute Gasteiger partial charge is 0.374 e. The molecule has 0 aromatic carbocycles. The van der Waals surface area contributed by atoms with Gasteiger partial charge in [-0.1, -0.05) is 6.42 Å². The van der Waals surface area contributed by atoms with E-state index in [1.807, 2.05) is 6.07 Å². The number of pyridine rings is 1. The summed E-state index contributed by atoms with van der Waals surface area (Å²) in [6.07, 6.45) is 3.96. The lowest BCUT2D eigenvalue weighted by Gasteiger charge is -2.31. The maximum atomic E-state index is 12.4. The first-order valence-corrected chi connectivity index (χ1v) is 11.0. The molecule has 0 bridgehead atoms. The van der Waals surface area contributed by atoms with Crippen LogP contribution in [-0.4, -0.2) is 53.9 Å². The summed E-state index contributed by atoms with van der Waals surface area (Å²) in [6, 6.07) is 3.26. The van der Waals surface area contributed by atoms with Gasteiger partial charge >= 0.3 is 0 Å². The van der Waals surface area contributed by atoms with E-state index in [2.05, 4.69) is 15.6 Å². The molecule has 1 saturated heterocycles. The third-order valence-corrected chi connectivity index (χ3v) is 6.33. The van der Waals surface area contributed by atoms with Gasteiger partial charge in [0.25, 0.3) is 0 Å². The Labute approximate surface area is 153 Å². The Morgan fingerprint density at radius 2 is 2.23 bits per heavy atom. The highest BCUT2D eigenvalue weighted by molar-refractivity contribution is 7.58. The van der Waals surface area contributed by atoms with Gasteiger partial charge in [0.15, 0.2) is 0 Å². The molecule has 1 aliphatic rings. The van der Waals surface area contributed by atoms with Crippen LogP contribution in [0.5, 0.6) is 0 Å². The molecule has 1 unspecified atom stereocenters. The Kier molecular flexibility index (Phi) is 8.03. The molecule has 3 atom stereocenters. The van der Waals surface area contributed by atoms with Gasteiger partial charge in [0.2, 0.25) is 18.8 Å². The minimum Gasteiger partial charge on any atom is -0.374 e. The second kappa shape index (κ2) is 10.0. The van der Waals surface area contributed by atoms with E-state index in [-0.39, 0.29) is 35.9 Å². The van der Waals surface area contributed by atoms with E-state index >= 15 is 0 Å². The molecule has 26 heavy (non-hydrogen) atoms. The second-order valence-corrected chi connectivity index (χ2v) is 9.20. The number of nitrogens with one attached hydrogen (secondary N) is 3. The number of aromatic amines is 1. The first kappa shape index (κ1) is 20.8. The smallest absolute Gasteiger partial charge is 0.248 e. The molecule has 8 nitrogen and oxygen atoms in total. The number of amides is 1. The van der Waals surface area contributed by atoms with Crippen molar-refractivity contribution in [3.63, 3.8) is 0 Å². The van der Waals surface area contributed by atoms with Crippen LogP contribution in [0.4, 0.5) is 0 Å². The van der Waals surface area contributed by atoms with Crippen molar-refractivity contribution in [2.75, 3.05) is 32.0 Å². The number of H-pyrrole nitrogens is 1. The summed E-state index contributed by atoms with van der Waals surface area (Å²) >= 11 is 0. The number of unbranched alkanes of at least 4 members (excludes halogenated alkanes) is 2. The fourth-order valence-electron chi connectivity index (χ4n) is 2.97. The van der Waals surface area contributed by atoms with Crippen LogP contribution in [0.3, 0.4) is 0 Å². The number of morpholine rings is 1. The summed E-state index contributed by atoms with van der Waals surface area (Å²) in [5, 5.41) is 5.99. The molecule has 1 aromatic rings. The average molecular weight is 385 g/mol. The monoisotopic (exact) mass is 385 g/mol. The molecule has 0 aliphatic carbocycles. The van der Waals surface area contributed by atoms with E-state index in [0.29, 0.717) is 26.1 Å². The average Bonchev–Trinajstić information content (AvgIpc) is 2.58. The standard InChI is InChI=1S/C17H28N3O5P/c1-13(21)18-6-3-2-4-8-26(23,24)12-15-10-20-16(11-25-15)14-5-7-19-17(22)9-14/h5,7,9,15-16,20H,2-4,6,8,10-12H2,1H3,(H,18,21)(H,19,22)(H,23,24)/t15-,16+/m1/s1. The minimum atomic E-state index is -3.24. The lowest BCUT2D eigenvalue weighted by atomic mass is 10.1. The Bertz CT molecular complexity index is 685. The summed E-state index contributed by atoms with van der Waals surface area (Å²) in [5.74, 6) is -0.0572. The summed E-state index contributed by atoms with van der Waals surface area (Å²) in [4.78, 5) is 34.9. The van der Waals surface area contributed by atoms with Crippen LogP contribution in [0.25, 0.3) is 0 Å². The highest BCUT2D eigenvalue weighted by atomic mass is 31.2. The van der Waals surface area contributed by atoms with Crippen LogP contribution in [0.2, 0.25) is 0 Å². The molecule has 1 aliphatic heterocycles. The molecule has 1 fully saturated rings. The van der Waals surface area contributed by atoms with Gasteiger partial charge in [-0.05, 0) is 24.5 Å². The minimum absolute atomic E-state index is 0.0572. The van der Waals surface area contributed by atoms with Crippen molar-refractivity contribution < 1.29 is 19.0 Å². The number of ether oxygens (including phenoxy) is 1. The van der Waals surface area contributed by atoms with Crippen molar-refractivity contribution in [3.8, 4) is 0 Å². The molecule has 2 heterocycles. The summed E-state index contributed by atoms with van der Waals surface area (Å²) in [7, 11) is -3.24. The maximum absolute atomic E-state index is 12.4. The number of aromatic nitrogens is 1. The van der Waals surface area contributed by atoms with E-state index in [1.54, 1.807) is 6.20 Å².